The fourth-order valence-corrected chi connectivity index (χ4v) is 4.81. The van der Waals surface area contributed by atoms with Crippen molar-refractivity contribution in [1.29, 1.82) is 0 Å². The summed E-state index contributed by atoms with van der Waals surface area (Å²) in [6.07, 6.45) is 9.36. The Bertz CT molecular complexity index is 816. The molecule has 0 saturated carbocycles. The molecule has 0 radical (unpaired) electrons. The molecule has 0 amide bonds. The van der Waals surface area contributed by atoms with E-state index in [1.165, 1.54) is 32.1 Å². The largest absolute Gasteiger partial charge is 0.494 e. The maximum atomic E-state index is 11.9. The number of nitrogens with zero attached hydrogens (tertiary/aromatic N) is 2. The van der Waals surface area contributed by atoms with Crippen LogP contribution in [0.25, 0.3) is 0 Å². The third-order valence-electron chi connectivity index (χ3n) is 6.02. The number of carbonyl (C=O) groups is 1. The molecule has 1 aromatic heterocycles. The number of piperidine rings is 1. The van der Waals surface area contributed by atoms with Crippen molar-refractivity contribution in [2.45, 2.75) is 71.8 Å². The third kappa shape index (κ3) is 8.97. The first-order valence-electron chi connectivity index (χ1n) is 12.5. The molecule has 1 fully saturated rings. The lowest BCUT2D eigenvalue weighted by atomic mass is 9.97. The van der Waals surface area contributed by atoms with E-state index >= 15 is 0 Å². The highest BCUT2D eigenvalue weighted by atomic mass is 32.1. The molecule has 0 bridgehead atoms. The minimum absolute atomic E-state index is 0.0453. The summed E-state index contributed by atoms with van der Waals surface area (Å²) in [4.78, 5) is 19.0. The second kappa shape index (κ2) is 14.2. The summed E-state index contributed by atoms with van der Waals surface area (Å²) in [5.74, 6) is 0.919. The molecular formula is C26H39N3O3S. The molecular weight excluding hydrogens is 434 g/mol. The first-order valence-corrected chi connectivity index (χ1v) is 13.4. The van der Waals surface area contributed by atoms with Crippen LogP contribution < -0.4 is 10.1 Å². The lowest BCUT2D eigenvalue weighted by molar-refractivity contribution is -0.149. The van der Waals surface area contributed by atoms with Gasteiger partial charge in [0, 0.05) is 17.6 Å². The van der Waals surface area contributed by atoms with Crippen molar-refractivity contribution in [3.05, 3.63) is 35.3 Å². The highest BCUT2D eigenvalue weighted by Gasteiger charge is 2.26. The molecule has 1 aliphatic heterocycles. The van der Waals surface area contributed by atoms with Crippen LogP contribution in [0.5, 0.6) is 5.75 Å². The molecule has 0 aliphatic carbocycles. The topological polar surface area (TPSA) is 63.7 Å². The number of likely N-dealkylation sites (tertiary alicyclic amines) is 1. The SMILES string of the molecule is CCCCCCCCOc1ccc(Nc2nc(CN3CCC(C(=O)OCC)CC3)cs2)cc1. The molecule has 7 heteroatoms. The van der Waals surface area contributed by atoms with Crippen molar-refractivity contribution >= 4 is 28.1 Å². The zero-order valence-corrected chi connectivity index (χ0v) is 21.0. The van der Waals surface area contributed by atoms with Gasteiger partial charge in [-0.2, -0.15) is 0 Å². The van der Waals surface area contributed by atoms with Gasteiger partial charge in [0.1, 0.15) is 5.75 Å². The van der Waals surface area contributed by atoms with Gasteiger partial charge in [0.2, 0.25) is 0 Å². The molecule has 3 rings (SSSR count). The Balaban J connectivity index is 1.36. The number of benzene rings is 1. The van der Waals surface area contributed by atoms with E-state index in [1.807, 2.05) is 31.2 Å². The van der Waals surface area contributed by atoms with Crippen LogP contribution in [0.1, 0.15) is 70.9 Å². The quantitative estimate of drug-likeness (QED) is 0.253. The van der Waals surface area contributed by atoms with Crippen molar-refractivity contribution in [2.24, 2.45) is 5.92 Å². The van der Waals surface area contributed by atoms with Gasteiger partial charge in [-0.1, -0.05) is 39.0 Å². The van der Waals surface area contributed by atoms with Gasteiger partial charge < -0.3 is 14.8 Å². The minimum Gasteiger partial charge on any atom is -0.494 e. The number of nitrogens with one attached hydrogen (secondary N) is 1. The van der Waals surface area contributed by atoms with Crippen LogP contribution in [0.15, 0.2) is 29.6 Å². The molecule has 1 saturated heterocycles. The Hall–Kier alpha value is -2.12. The first kappa shape index (κ1) is 25.5. The van der Waals surface area contributed by atoms with Gasteiger partial charge in [0.05, 0.1) is 24.8 Å². The fraction of sp³-hybridized carbons (Fsp3) is 0.615. The third-order valence-corrected chi connectivity index (χ3v) is 6.82. The van der Waals surface area contributed by atoms with Crippen LogP contribution in [0.3, 0.4) is 0 Å². The lowest BCUT2D eigenvalue weighted by Crippen LogP contribution is -2.36. The van der Waals surface area contributed by atoms with Gasteiger partial charge in [-0.25, -0.2) is 4.98 Å². The number of hydrogen-bond acceptors (Lipinski definition) is 7. The Labute approximate surface area is 202 Å². The summed E-state index contributed by atoms with van der Waals surface area (Å²) in [7, 11) is 0. The maximum absolute atomic E-state index is 11.9. The smallest absolute Gasteiger partial charge is 0.309 e. The molecule has 2 aromatic rings. The average Bonchev–Trinajstić information content (AvgIpc) is 3.27. The highest BCUT2D eigenvalue weighted by molar-refractivity contribution is 7.13. The second-order valence-electron chi connectivity index (χ2n) is 8.71. The van der Waals surface area contributed by atoms with Crippen LogP contribution >= 0.6 is 11.3 Å². The number of unbranched alkanes of at least 4 members (excludes halogenated alkanes) is 5. The van der Waals surface area contributed by atoms with Crippen LogP contribution in [0.2, 0.25) is 0 Å². The van der Waals surface area contributed by atoms with E-state index in [2.05, 4.69) is 22.5 Å². The number of aromatic nitrogens is 1. The lowest BCUT2D eigenvalue weighted by Gasteiger charge is -2.30. The fourth-order valence-electron chi connectivity index (χ4n) is 4.08. The summed E-state index contributed by atoms with van der Waals surface area (Å²) in [6, 6.07) is 8.11. The molecule has 182 valence electrons. The van der Waals surface area contributed by atoms with E-state index in [1.54, 1.807) is 11.3 Å². The zero-order chi connectivity index (χ0) is 23.3. The van der Waals surface area contributed by atoms with E-state index in [0.717, 1.165) is 67.8 Å². The molecule has 1 aliphatic rings. The van der Waals surface area contributed by atoms with Gasteiger partial charge in [0.15, 0.2) is 5.13 Å². The molecule has 33 heavy (non-hydrogen) atoms. The Morgan fingerprint density at radius 2 is 1.82 bits per heavy atom. The summed E-state index contributed by atoms with van der Waals surface area (Å²) < 4.78 is 11.0. The summed E-state index contributed by atoms with van der Waals surface area (Å²) in [5, 5.41) is 6.40. The van der Waals surface area contributed by atoms with Gasteiger partial charge in [-0.3, -0.25) is 9.69 Å². The number of ether oxygens (including phenoxy) is 2. The second-order valence-corrected chi connectivity index (χ2v) is 9.57. The molecule has 6 nitrogen and oxygen atoms in total. The van der Waals surface area contributed by atoms with Crippen molar-refractivity contribution in [3.8, 4) is 5.75 Å². The van der Waals surface area contributed by atoms with Crippen LogP contribution in [0, 0.1) is 5.92 Å². The monoisotopic (exact) mass is 473 g/mol. The molecule has 2 heterocycles. The van der Waals surface area contributed by atoms with E-state index in [0.29, 0.717) is 6.61 Å². The minimum atomic E-state index is -0.0453. The van der Waals surface area contributed by atoms with Crippen molar-refractivity contribution in [2.75, 3.05) is 31.6 Å². The van der Waals surface area contributed by atoms with Crippen LogP contribution in [-0.2, 0) is 16.1 Å². The maximum Gasteiger partial charge on any atom is 0.309 e. The molecule has 1 aromatic carbocycles. The standard InChI is InChI=1S/C26H39N3O3S/c1-3-5-6-7-8-9-18-32-24-12-10-22(11-13-24)27-26-28-23(20-33-26)19-29-16-14-21(15-17-29)25(30)31-4-2/h10-13,20-21H,3-9,14-19H2,1-2H3,(H,27,28). The van der Waals surface area contributed by atoms with E-state index in [-0.39, 0.29) is 11.9 Å². The average molecular weight is 474 g/mol. The summed E-state index contributed by atoms with van der Waals surface area (Å²) >= 11 is 1.62. The predicted octanol–water partition coefficient (Wildman–Crippen LogP) is 6.40. The van der Waals surface area contributed by atoms with Gasteiger partial charge >= 0.3 is 5.97 Å². The number of carbonyl (C=O) groups excluding carboxylic acids is 1. The normalized spacial score (nSPS) is 14.8. The Morgan fingerprint density at radius 3 is 2.55 bits per heavy atom. The van der Waals surface area contributed by atoms with Gasteiger partial charge in [-0.15, -0.1) is 11.3 Å². The number of esters is 1. The predicted molar refractivity (Wildman–Crippen MR) is 135 cm³/mol. The van der Waals surface area contributed by atoms with Crippen molar-refractivity contribution in [1.82, 2.24) is 9.88 Å². The van der Waals surface area contributed by atoms with Gasteiger partial charge in [-0.05, 0) is 63.5 Å². The summed E-state index contributed by atoms with van der Waals surface area (Å²) in [5.41, 5.74) is 2.08. The number of thiazole rings is 1. The van der Waals surface area contributed by atoms with Crippen LogP contribution in [-0.4, -0.2) is 42.2 Å². The van der Waals surface area contributed by atoms with Crippen molar-refractivity contribution in [3.63, 3.8) is 0 Å². The van der Waals surface area contributed by atoms with Gasteiger partial charge in [0.25, 0.3) is 0 Å². The highest BCUT2D eigenvalue weighted by Crippen LogP contribution is 2.25. The zero-order valence-electron chi connectivity index (χ0n) is 20.2. The molecule has 0 spiro atoms. The van der Waals surface area contributed by atoms with Crippen LogP contribution in [0.4, 0.5) is 10.8 Å². The first-order chi connectivity index (χ1) is 16.2. The molecule has 0 unspecified atom stereocenters. The van der Waals surface area contributed by atoms with Crippen molar-refractivity contribution < 1.29 is 14.3 Å². The molecule has 0 atom stereocenters. The number of rotatable bonds is 14. The Morgan fingerprint density at radius 1 is 1.09 bits per heavy atom. The Kier molecular flexibility index (Phi) is 11.0. The van der Waals surface area contributed by atoms with E-state index < -0.39 is 0 Å². The number of anilines is 2. The molecule has 1 N–H and O–H groups in total. The van der Waals surface area contributed by atoms with E-state index in [9.17, 15) is 4.79 Å². The van der Waals surface area contributed by atoms with E-state index in [4.69, 9.17) is 14.5 Å². The summed E-state index contributed by atoms with van der Waals surface area (Å²) in [6.45, 7) is 7.98. The number of hydrogen-bond donors (Lipinski definition) is 1.